The van der Waals surface area contributed by atoms with Crippen molar-refractivity contribution >= 4 is 39.2 Å². The third-order valence-corrected chi connectivity index (χ3v) is 7.37. The molecule has 0 aliphatic carbocycles. The van der Waals surface area contributed by atoms with E-state index in [0.717, 1.165) is 32.8 Å². The number of benzene rings is 1. The molecule has 3 aromatic heterocycles. The molecule has 0 aliphatic heterocycles. The van der Waals surface area contributed by atoms with Crippen molar-refractivity contribution in [3.05, 3.63) is 74.0 Å². The molecule has 0 saturated carbocycles. The van der Waals surface area contributed by atoms with Crippen LogP contribution >= 0.6 is 11.3 Å². The highest BCUT2D eigenvalue weighted by molar-refractivity contribution is 7.16. The number of amides is 1. The van der Waals surface area contributed by atoms with Gasteiger partial charge in [-0.15, -0.1) is 11.3 Å². The molecule has 1 amide bonds. The van der Waals surface area contributed by atoms with Crippen LogP contribution < -0.4 is 10.9 Å². The number of hydrogen-bond donors (Lipinski definition) is 1. The van der Waals surface area contributed by atoms with Crippen molar-refractivity contribution < 1.29 is 14.3 Å². The van der Waals surface area contributed by atoms with Gasteiger partial charge in [0.15, 0.2) is 0 Å². The van der Waals surface area contributed by atoms with Crippen molar-refractivity contribution in [1.29, 1.82) is 0 Å². The van der Waals surface area contributed by atoms with E-state index in [9.17, 15) is 14.4 Å². The molecule has 35 heavy (non-hydrogen) atoms. The van der Waals surface area contributed by atoms with E-state index in [0.29, 0.717) is 22.6 Å². The number of thiophene rings is 1. The second-order valence-corrected chi connectivity index (χ2v) is 9.68. The molecule has 8 nitrogen and oxygen atoms in total. The Balaban J connectivity index is 1.89. The maximum absolute atomic E-state index is 13.6. The first kappa shape index (κ1) is 24.4. The smallest absolute Gasteiger partial charge is 0.341 e. The number of methoxy groups -OCH3 is 1. The van der Waals surface area contributed by atoms with E-state index in [2.05, 4.69) is 5.32 Å². The minimum absolute atomic E-state index is 0.291. The zero-order valence-corrected chi connectivity index (χ0v) is 21.4. The SMILES string of the molecule is CCC(C(=O)Nc1sc(C)c(C)c1C(=O)OC)n1c(=O)cc(C)c2c(C)nn(-c3ccccc3)c21. The van der Waals surface area contributed by atoms with E-state index < -0.39 is 12.0 Å². The molecule has 0 aliphatic rings. The Hall–Kier alpha value is -3.72. The van der Waals surface area contributed by atoms with Gasteiger partial charge in [0, 0.05) is 16.3 Å². The lowest BCUT2D eigenvalue weighted by Gasteiger charge is -2.20. The van der Waals surface area contributed by atoms with Crippen LogP contribution in [-0.2, 0) is 9.53 Å². The summed E-state index contributed by atoms with van der Waals surface area (Å²) in [5, 5.41) is 8.86. The number of carbonyl (C=O) groups excluding carboxylic acids is 2. The average molecular weight is 493 g/mol. The first-order chi connectivity index (χ1) is 16.7. The molecule has 1 aromatic carbocycles. The van der Waals surface area contributed by atoms with Gasteiger partial charge in [0.1, 0.15) is 16.7 Å². The Morgan fingerprint density at radius 3 is 2.46 bits per heavy atom. The molecule has 3 heterocycles. The monoisotopic (exact) mass is 492 g/mol. The molecule has 4 aromatic rings. The van der Waals surface area contributed by atoms with Crippen molar-refractivity contribution in [3.8, 4) is 5.69 Å². The van der Waals surface area contributed by atoms with Crippen LogP contribution in [0, 0.1) is 27.7 Å². The summed E-state index contributed by atoms with van der Waals surface area (Å²) in [6, 6.07) is 10.2. The van der Waals surface area contributed by atoms with Gasteiger partial charge in [0.2, 0.25) is 5.91 Å². The number of aromatic nitrogens is 3. The summed E-state index contributed by atoms with van der Waals surface area (Å²) >= 11 is 1.31. The summed E-state index contributed by atoms with van der Waals surface area (Å²) in [6.45, 7) is 9.32. The average Bonchev–Trinajstić information content (AvgIpc) is 3.32. The molecule has 1 N–H and O–H groups in total. The number of anilines is 1. The lowest BCUT2D eigenvalue weighted by Crippen LogP contribution is -2.34. The van der Waals surface area contributed by atoms with E-state index >= 15 is 0 Å². The van der Waals surface area contributed by atoms with Crippen molar-refractivity contribution in [2.45, 2.75) is 47.1 Å². The second kappa shape index (κ2) is 9.50. The third kappa shape index (κ3) is 4.16. The van der Waals surface area contributed by atoms with Crippen LogP contribution in [0.25, 0.3) is 16.7 Å². The third-order valence-electron chi connectivity index (χ3n) is 6.25. The van der Waals surface area contributed by atoms with Gasteiger partial charge in [-0.2, -0.15) is 5.10 Å². The number of esters is 1. The molecular weight excluding hydrogens is 464 g/mol. The number of ether oxygens (including phenoxy) is 1. The maximum Gasteiger partial charge on any atom is 0.341 e. The fourth-order valence-electron chi connectivity index (χ4n) is 4.42. The summed E-state index contributed by atoms with van der Waals surface area (Å²) < 4.78 is 8.16. The quantitative estimate of drug-likeness (QED) is 0.388. The van der Waals surface area contributed by atoms with Gasteiger partial charge >= 0.3 is 5.97 Å². The summed E-state index contributed by atoms with van der Waals surface area (Å²) in [7, 11) is 1.31. The molecule has 9 heteroatoms. The minimum atomic E-state index is -0.822. The minimum Gasteiger partial charge on any atom is -0.465 e. The van der Waals surface area contributed by atoms with Crippen LogP contribution in [0.4, 0.5) is 5.00 Å². The molecule has 0 fully saturated rings. The lowest BCUT2D eigenvalue weighted by molar-refractivity contribution is -0.119. The fourth-order valence-corrected chi connectivity index (χ4v) is 5.48. The Morgan fingerprint density at radius 2 is 1.83 bits per heavy atom. The summed E-state index contributed by atoms with van der Waals surface area (Å²) in [5.41, 5.74) is 3.73. The normalized spacial score (nSPS) is 12.1. The molecule has 0 bridgehead atoms. The van der Waals surface area contributed by atoms with Crippen LogP contribution in [0.2, 0.25) is 0 Å². The van der Waals surface area contributed by atoms with Crippen LogP contribution in [-0.4, -0.2) is 33.3 Å². The number of para-hydroxylation sites is 1. The number of nitrogens with one attached hydrogen (secondary N) is 1. The topological polar surface area (TPSA) is 95.2 Å². The van der Waals surface area contributed by atoms with Crippen molar-refractivity contribution in [2.75, 3.05) is 12.4 Å². The Bertz CT molecular complexity index is 1500. The number of nitrogens with zero attached hydrogens (tertiary/aromatic N) is 3. The zero-order chi connectivity index (χ0) is 25.4. The molecule has 0 spiro atoms. The van der Waals surface area contributed by atoms with Gasteiger partial charge in [-0.05, 0) is 57.4 Å². The highest BCUT2D eigenvalue weighted by atomic mass is 32.1. The predicted molar refractivity (Wildman–Crippen MR) is 138 cm³/mol. The molecule has 0 radical (unpaired) electrons. The summed E-state index contributed by atoms with van der Waals surface area (Å²) in [4.78, 5) is 40.3. The molecular formula is C26H28N4O4S. The van der Waals surface area contributed by atoms with Gasteiger partial charge in [-0.3, -0.25) is 14.2 Å². The van der Waals surface area contributed by atoms with E-state index in [1.54, 1.807) is 10.7 Å². The van der Waals surface area contributed by atoms with Crippen molar-refractivity contribution in [1.82, 2.24) is 14.3 Å². The highest BCUT2D eigenvalue weighted by Gasteiger charge is 2.28. The van der Waals surface area contributed by atoms with Gasteiger partial charge in [0.25, 0.3) is 5.56 Å². The van der Waals surface area contributed by atoms with Crippen molar-refractivity contribution in [2.24, 2.45) is 0 Å². The molecule has 4 rings (SSSR count). The maximum atomic E-state index is 13.6. The van der Waals surface area contributed by atoms with Crippen LogP contribution in [0.15, 0.2) is 41.2 Å². The van der Waals surface area contributed by atoms with E-state index in [1.165, 1.54) is 23.0 Å². The zero-order valence-electron chi connectivity index (χ0n) is 20.6. The van der Waals surface area contributed by atoms with E-state index in [-0.39, 0.29) is 11.5 Å². The molecule has 1 unspecified atom stereocenters. The molecule has 1 atom stereocenters. The van der Waals surface area contributed by atoms with Crippen LogP contribution in [0.5, 0.6) is 0 Å². The van der Waals surface area contributed by atoms with Crippen LogP contribution in [0.3, 0.4) is 0 Å². The van der Waals surface area contributed by atoms with E-state index in [4.69, 9.17) is 9.84 Å². The van der Waals surface area contributed by atoms with Crippen molar-refractivity contribution in [3.63, 3.8) is 0 Å². The largest absolute Gasteiger partial charge is 0.465 e. The number of carbonyl (C=O) groups is 2. The predicted octanol–water partition coefficient (Wildman–Crippen LogP) is 4.86. The number of pyridine rings is 1. The van der Waals surface area contributed by atoms with Gasteiger partial charge in [0.05, 0.1) is 24.1 Å². The lowest BCUT2D eigenvalue weighted by atomic mass is 10.1. The van der Waals surface area contributed by atoms with Gasteiger partial charge < -0.3 is 10.1 Å². The number of aryl methyl sites for hydroxylation is 3. The first-order valence-corrected chi connectivity index (χ1v) is 12.2. The summed E-state index contributed by atoms with van der Waals surface area (Å²) in [6.07, 6.45) is 0.361. The van der Waals surface area contributed by atoms with E-state index in [1.807, 2.05) is 65.0 Å². The number of hydrogen-bond acceptors (Lipinski definition) is 6. The standard InChI is InChI=1S/C26H28N4O4S/c1-7-19(23(32)27-24-22(26(33)34-6)15(3)17(5)35-24)29-20(31)13-14(2)21-16(4)28-30(25(21)29)18-11-9-8-10-12-18/h8-13,19H,7H2,1-6H3,(H,27,32). The fraction of sp³-hybridized carbons (Fsp3) is 0.308. The Labute approximate surface area is 207 Å². The number of rotatable bonds is 6. The summed E-state index contributed by atoms with van der Waals surface area (Å²) in [5.74, 6) is -0.896. The van der Waals surface area contributed by atoms with Gasteiger partial charge in [-0.25, -0.2) is 9.48 Å². The second-order valence-electron chi connectivity index (χ2n) is 8.46. The Kier molecular flexibility index (Phi) is 6.62. The molecule has 182 valence electrons. The van der Waals surface area contributed by atoms with Gasteiger partial charge in [-0.1, -0.05) is 25.1 Å². The Morgan fingerprint density at radius 1 is 1.14 bits per heavy atom. The number of fused-ring (bicyclic) bond motifs is 1. The first-order valence-electron chi connectivity index (χ1n) is 11.4. The highest BCUT2D eigenvalue weighted by Crippen LogP contribution is 2.34. The molecule has 0 saturated heterocycles. The van der Waals surface area contributed by atoms with Crippen LogP contribution in [0.1, 0.15) is 51.4 Å².